The van der Waals surface area contributed by atoms with Crippen molar-refractivity contribution in [1.29, 1.82) is 0 Å². The van der Waals surface area contributed by atoms with E-state index < -0.39 is 11.0 Å². The van der Waals surface area contributed by atoms with Crippen molar-refractivity contribution in [2.75, 3.05) is 11.9 Å². The first-order chi connectivity index (χ1) is 8.06. The van der Waals surface area contributed by atoms with Gasteiger partial charge in [0.1, 0.15) is 5.69 Å². The van der Waals surface area contributed by atoms with Crippen LogP contribution in [0.4, 0.5) is 11.4 Å². The molecule has 1 atom stereocenters. The number of nitro groups is 1. The van der Waals surface area contributed by atoms with Gasteiger partial charge in [-0.05, 0) is 18.9 Å². The molecule has 0 radical (unpaired) electrons. The maximum absolute atomic E-state index is 10.8. The summed E-state index contributed by atoms with van der Waals surface area (Å²) >= 11 is 0. The van der Waals surface area contributed by atoms with E-state index in [0.717, 1.165) is 12.0 Å². The SMILES string of the molecule is CCCC(O)CNc1c(C)cccc1[N+](=O)[O-]. The van der Waals surface area contributed by atoms with E-state index in [0.29, 0.717) is 18.7 Å². The number of hydrogen-bond donors (Lipinski definition) is 2. The number of aliphatic hydroxyl groups excluding tert-OH is 1. The lowest BCUT2D eigenvalue weighted by molar-refractivity contribution is -0.384. The Labute approximate surface area is 101 Å². The highest BCUT2D eigenvalue weighted by Gasteiger charge is 2.15. The fourth-order valence-electron chi connectivity index (χ4n) is 1.69. The Balaban J connectivity index is 2.79. The average Bonchev–Trinajstić information content (AvgIpc) is 2.27. The second kappa shape index (κ2) is 6.20. The number of hydrogen-bond acceptors (Lipinski definition) is 4. The van der Waals surface area contributed by atoms with Crippen molar-refractivity contribution >= 4 is 11.4 Å². The second-order valence-electron chi connectivity index (χ2n) is 4.05. The van der Waals surface area contributed by atoms with Crippen LogP contribution in [-0.2, 0) is 0 Å². The Morgan fingerprint density at radius 1 is 1.53 bits per heavy atom. The number of benzene rings is 1. The zero-order chi connectivity index (χ0) is 12.8. The zero-order valence-corrected chi connectivity index (χ0v) is 10.1. The third-order valence-electron chi connectivity index (χ3n) is 2.58. The lowest BCUT2D eigenvalue weighted by atomic mass is 10.1. The summed E-state index contributed by atoms with van der Waals surface area (Å²) in [6.07, 6.45) is 1.10. The van der Waals surface area contributed by atoms with Gasteiger partial charge in [-0.1, -0.05) is 25.5 Å². The van der Waals surface area contributed by atoms with Crippen LogP contribution in [0.25, 0.3) is 0 Å². The summed E-state index contributed by atoms with van der Waals surface area (Å²) in [5, 5.41) is 23.4. The number of aliphatic hydroxyl groups is 1. The highest BCUT2D eigenvalue weighted by molar-refractivity contribution is 5.65. The maximum atomic E-state index is 10.8. The van der Waals surface area contributed by atoms with Crippen LogP contribution in [0.15, 0.2) is 18.2 Å². The maximum Gasteiger partial charge on any atom is 0.292 e. The molecule has 0 fully saturated rings. The van der Waals surface area contributed by atoms with Gasteiger partial charge >= 0.3 is 0 Å². The topological polar surface area (TPSA) is 75.4 Å². The Hall–Kier alpha value is -1.62. The number of aryl methyl sites for hydroxylation is 1. The van der Waals surface area contributed by atoms with Gasteiger partial charge in [-0.15, -0.1) is 0 Å². The van der Waals surface area contributed by atoms with Crippen LogP contribution in [0.1, 0.15) is 25.3 Å². The molecule has 0 amide bonds. The molecule has 94 valence electrons. The first-order valence-corrected chi connectivity index (χ1v) is 5.72. The number of nitro benzene ring substituents is 1. The standard InChI is InChI=1S/C12H18N2O3/c1-3-5-10(15)8-13-12-9(2)6-4-7-11(12)14(16)17/h4,6-7,10,13,15H,3,5,8H2,1-2H3. The van der Waals surface area contributed by atoms with E-state index in [1.54, 1.807) is 6.07 Å². The molecule has 5 nitrogen and oxygen atoms in total. The summed E-state index contributed by atoms with van der Waals surface area (Å²) in [6.45, 7) is 4.13. The van der Waals surface area contributed by atoms with E-state index >= 15 is 0 Å². The third kappa shape index (κ3) is 3.71. The molecule has 0 aliphatic carbocycles. The van der Waals surface area contributed by atoms with Crippen LogP contribution in [-0.4, -0.2) is 22.7 Å². The molecule has 1 unspecified atom stereocenters. The van der Waals surface area contributed by atoms with Crippen molar-refractivity contribution in [1.82, 2.24) is 0 Å². The van der Waals surface area contributed by atoms with Gasteiger partial charge in [-0.25, -0.2) is 0 Å². The van der Waals surface area contributed by atoms with Gasteiger partial charge < -0.3 is 10.4 Å². The fraction of sp³-hybridized carbons (Fsp3) is 0.500. The minimum Gasteiger partial charge on any atom is -0.391 e. The molecule has 0 spiro atoms. The first kappa shape index (κ1) is 13.4. The van der Waals surface area contributed by atoms with E-state index in [9.17, 15) is 15.2 Å². The Morgan fingerprint density at radius 3 is 2.82 bits per heavy atom. The smallest absolute Gasteiger partial charge is 0.292 e. The molecule has 0 bridgehead atoms. The minimum atomic E-state index is -0.473. The van der Waals surface area contributed by atoms with Crippen LogP contribution in [0.3, 0.4) is 0 Å². The van der Waals surface area contributed by atoms with Crippen LogP contribution in [0, 0.1) is 17.0 Å². The van der Waals surface area contributed by atoms with Gasteiger partial charge in [0.2, 0.25) is 0 Å². The lowest BCUT2D eigenvalue weighted by Crippen LogP contribution is -2.20. The van der Waals surface area contributed by atoms with E-state index in [1.807, 2.05) is 19.9 Å². The quantitative estimate of drug-likeness (QED) is 0.589. The largest absolute Gasteiger partial charge is 0.391 e. The summed E-state index contributed by atoms with van der Waals surface area (Å²) < 4.78 is 0. The normalized spacial score (nSPS) is 12.2. The third-order valence-corrected chi connectivity index (χ3v) is 2.58. The highest BCUT2D eigenvalue weighted by atomic mass is 16.6. The van der Waals surface area contributed by atoms with Crippen LogP contribution < -0.4 is 5.32 Å². The number of anilines is 1. The van der Waals surface area contributed by atoms with Gasteiger partial charge in [0, 0.05) is 12.6 Å². The van der Waals surface area contributed by atoms with Crippen LogP contribution in [0.5, 0.6) is 0 Å². The molecule has 17 heavy (non-hydrogen) atoms. The summed E-state index contributed by atoms with van der Waals surface area (Å²) in [5.74, 6) is 0. The predicted octanol–water partition coefficient (Wildman–Crippen LogP) is 2.48. The molecule has 0 saturated carbocycles. The van der Waals surface area contributed by atoms with Crippen LogP contribution in [0.2, 0.25) is 0 Å². The molecule has 0 aromatic heterocycles. The average molecular weight is 238 g/mol. The molecule has 5 heteroatoms. The second-order valence-corrected chi connectivity index (χ2v) is 4.05. The lowest BCUT2D eigenvalue weighted by Gasteiger charge is -2.13. The molecule has 0 aliphatic heterocycles. The van der Waals surface area contributed by atoms with Crippen molar-refractivity contribution < 1.29 is 10.0 Å². The van der Waals surface area contributed by atoms with Gasteiger partial charge in [0.05, 0.1) is 11.0 Å². The molecule has 0 heterocycles. The molecule has 1 aromatic rings. The molecular weight excluding hydrogens is 220 g/mol. The highest BCUT2D eigenvalue weighted by Crippen LogP contribution is 2.27. The van der Waals surface area contributed by atoms with Crippen molar-refractivity contribution in [2.24, 2.45) is 0 Å². The van der Waals surface area contributed by atoms with E-state index in [1.165, 1.54) is 6.07 Å². The van der Waals surface area contributed by atoms with E-state index in [2.05, 4.69) is 5.32 Å². The minimum absolute atomic E-state index is 0.0497. The molecule has 2 N–H and O–H groups in total. The Kier molecular flexibility index (Phi) is 4.90. The Morgan fingerprint density at radius 2 is 2.24 bits per heavy atom. The van der Waals surface area contributed by atoms with Gasteiger partial charge in [-0.3, -0.25) is 10.1 Å². The van der Waals surface area contributed by atoms with Gasteiger partial charge in [0.15, 0.2) is 0 Å². The first-order valence-electron chi connectivity index (χ1n) is 5.72. The van der Waals surface area contributed by atoms with Crippen molar-refractivity contribution in [3.05, 3.63) is 33.9 Å². The molecule has 0 aliphatic rings. The van der Waals surface area contributed by atoms with Crippen LogP contribution >= 0.6 is 0 Å². The van der Waals surface area contributed by atoms with Crippen molar-refractivity contribution in [2.45, 2.75) is 32.8 Å². The van der Waals surface area contributed by atoms with Gasteiger partial charge in [-0.2, -0.15) is 0 Å². The van der Waals surface area contributed by atoms with Crippen molar-refractivity contribution in [3.8, 4) is 0 Å². The van der Waals surface area contributed by atoms with Gasteiger partial charge in [0.25, 0.3) is 5.69 Å². The number of nitrogens with one attached hydrogen (secondary N) is 1. The molecule has 0 saturated heterocycles. The molecule has 1 rings (SSSR count). The van der Waals surface area contributed by atoms with Crippen molar-refractivity contribution in [3.63, 3.8) is 0 Å². The number of para-hydroxylation sites is 1. The summed E-state index contributed by atoms with van der Waals surface area (Å²) in [5.41, 5.74) is 1.35. The fourth-order valence-corrected chi connectivity index (χ4v) is 1.69. The zero-order valence-electron chi connectivity index (χ0n) is 10.1. The molecular formula is C12H18N2O3. The number of nitrogens with zero attached hydrogens (tertiary/aromatic N) is 1. The van der Waals surface area contributed by atoms with E-state index in [-0.39, 0.29) is 5.69 Å². The van der Waals surface area contributed by atoms with E-state index in [4.69, 9.17) is 0 Å². The number of rotatable bonds is 6. The monoisotopic (exact) mass is 238 g/mol. The summed E-state index contributed by atoms with van der Waals surface area (Å²) in [6, 6.07) is 4.92. The predicted molar refractivity (Wildman–Crippen MR) is 67.2 cm³/mol. The summed E-state index contributed by atoms with van der Waals surface area (Å²) in [4.78, 5) is 10.4. The molecule has 1 aromatic carbocycles. The Bertz CT molecular complexity index is 393. The summed E-state index contributed by atoms with van der Waals surface area (Å²) in [7, 11) is 0.